The first-order valence-corrected chi connectivity index (χ1v) is 10.0. The molecule has 0 atom stereocenters. The predicted octanol–water partition coefficient (Wildman–Crippen LogP) is 3.04. The summed E-state index contributed by atoms with van der Waals surface area (Å²) in [7, 11) is 4.34. The third-order valence-electron chi connectivity index (χ3n) is 4.94. The van der Waals surface area contributed by atoms with E-state index in [4.69, 9.17) is 4.99 Å². The minimum absolute atomic E-state index is 0. The minimum atomic E-state index is 0. The molecule has 1 saturated heterocycles. The van der Waals surface area contributed by atoms with Gasteiger partial charge in [-0.15, -0.1) is 24.0 Å². The van der Waals surface area contributed by atoms with Gasteiger partial charge < -0.3 is 20.0 Å². The SMILES string of the molecule is CCNC(=NCCCN1CCCN(C)CC1)N(C)Cc1ccc(C)cc1.I. The van der Waals surface area contributed by atoms with Gasteiger partial charge >= 0.3 is 0 Å². The second kappa shape index (κ2) is 13.3. The lowest BCUT2D eigenvalue weighted by Gasteiger charge is -2.23. The van der Waals surface area contributed by atoms with Crippen LogP contribution in [-0.2, 0) is 6.54 Å². The molecule has 0 radical (unpaired) electrons. The van der Waals surface area contributed by atoms with Gasteiger partial charge in [0.25, 0.3) is 0 Å². The zero-order chi connectivity index (χ0) is 18.8. The molecule has 2 rings (SSSR count). The summed E-state index contributed by atoms with van der Waals surface area (Å²) >= 11 is 0. The van der Waals surface area contributed by atoms with Crippen LogP contribution in [0, 0.1) is 6.92 Å². The number of nitrogens with one attached hydrogen (secondary N) is 1. The highest BCUT2D eigenvalue weighted by atomic mass is 127. The molecule has 0 bridgehead atoms. The molecule has 1 fully saturated rings. The Balaban J connectivity index is 0.00000364. The monoisotopic (exact) mass is 487 g/mol. The Labute approximate surface area is 183 Å². The van der Waals surface area contributed by atoms with E-state index in [1.54, 1.807) is 0 Å². The molecule has 1 heterocycles. The smallest absolute Gasteiger partial charge is 0.193 e. The van der Waals surface area contributed by atoms with Crippen molar-refractivity contribution < 1.29 is 0 Å². The van der Waals surface area contributed by atoms with E-state index < -0.39 is 0 Å². The molecular formula is C21H38IN5. The van der Waals surface area contributed by atoms with Gasteiger partial charge in [0.1, 0.15) is 0 Å². The van der Waals surface area contributed by atoms with Crippen molar-refractivity contribution in [2.75, 3.05) is 59.9 Å². The van der Waals surface area contributed by atoms with Crippen LogP contribution in [0.5, 0.6) is 0 Å². The highest BCUT2D eigenvalue weighted by molar-refractivity contribution is 14.0. The van der Waals surface area contributed by atoms with E-state index in [9.17, 15) is 0 Å². The number of aliphatic imine (C=N–C) groups is 1. The summed E-state index contributed by atoms with van der Waals surface area (Å²) in [6.07, 6.45) is 2.40. The molecule has 1 N–H and O–H groups in total. The zero-order valence-electron chi connectivity index (χ0n) is 17.6. The Morgan fingerprint density at radius 1 is 1.15 bits per heavy atom. The first-order chi connectivity index (χ1) is 12.6. The highest BCUT2D eigenvalue weighted by Crippen LogP contribution is 2.06. The van der Waals surface area contributed by atoms with E-state index in [0.717, 1.165) is 38.6 Å². The van der Waals surface area contributed by atoms with Crippen molar-refractivity contribution in [1.82, 2.24) is 20.0 Å². The average molecular weight is 487 g/mol. The second-order valence-electron chi connectivity index (χ2n) is 7.43. The molecule has 1 aliphatic rings. The maximum absolute atomic E-state index is 4.84. The number of benzene rings is 1. The normalized spacial score (nSPS) is 16.5. The molecule has 1 aromatic carbocycles. The van der Waals surface area contributed by atoms with E-state index in [1.165, 1.54) is 43.7 Å². The van der Waals surface area contributed by atoms with Crippen molar-refractivity contribution in [1.29, 1.82) is 0 Å². The number of halogens is 1. The van der Waals surface area contributed by atoms with Crippen LogP contribution in [0.2, 0.25) is 0 Å². The summed E-state index contributed by atoms with van der Waals surface area (Å²) in [6.45, 7) is 12.9. The number of guanidine groups is 1. The summed E-state index contributed by atoms with van der Waals surface area (Å²) in [4.78, 5) is 12.1. The second-order valence-corrected chi connectivity index (χ2v) is 7.43. The maximum Gasteiger partial charge on any atom is 0.193 e. The molecule has 0 aromatic heterocycles. The van der Waals surface area contributed by atoms with Crippen molar-refractivity contribution in [2.45, 2.75) is 33.2 Å². The molecule has 6 heteroatoms. The fraction of sp³-hybridized carbons (Fsp3) is 0.667. The van der Waals surface area contributed by atoms with E-state index in [1.807, 2.05) is 0 Å². The molecule has 0 unspecified atom stereocenters. The molecule has 1 aromatic rings. The van der Waals surface area contributed by atoms with Crippen molar-refractivity contribution in [3.63, 3.8) is 0 Å². The van der Waals surface area contributed by atoms with Crippen LogP contribution in [-0.4, -0.2) is 80.6 Å². The van der Waals surface area contributed by atoms with Crippen molar-refractivity contribution in [3.05, 3.63) is 35.4 Å². The van der Waals surface area contributed by atoms with Crippen LogP contribution in [0.4, 0.5) is 0 Å². The number of rotatable bonds is 7. The van der Waals surface area contributed by atoms with Crippen molar-refractivity contribution >= 4 is 29.9 Å². The number of nitrogens with zero attached hydrogens (tertiary/aromatic N) is 4. The number of likely N-dealkylation sites (N-methyl/N-ethyl adjacent to an activating group) is 1. The lowest BCUT2D eigenvalue weighted by Crippen LogP contribution is -2.38. The summed E-state index contributed by atoms with van der Waals surface area (Å²) in [5.74, 6) is 1.00. The Morgan fingerprint density at radius 2 is 1.89 bits per heavy atom. The van der Waals surface area contributed by atoms with E-state index in [0.29, 0.717) is 0 Å². The van der Waals surface area contributed by atoms with Crippen LogP contribution in [0.1, 0.15) is 30.9 Å². The molecule has 5 nitrogen and oxygen atoms in total. The maximum atomic E-state index is 4.84. The largest absolute Gasteiger partial charge is 0.357 e. The van der Waals surface area contributed by atoms with Crippen LogP contribution >= 0.6 is 24.0 Å². The molecule has 1 aliphatic heterocycles. The van der Waals surface area contributed by atoms with E-state index >= 15 is 0 Å². The highest BCUT2D eigenvalue weighted by Gasteiger charge is 2.11. The summed E-state index contributed by atoms with van der Waals surface area (Å²) in [6, 6.07) is 8.75. The standard InChI is InChI=1S/C21H37N5.HI/c1-5-22-21(25(4)18-20-10-8-19(2)9-11-20)23-12-6-14-26-15-7-13-24(3)16-17-26;/h8-11H,5-7,12-18H2,1-4H3,(H,22,23);1H. The first kappa shape index (κ1) is 24.2. The van der Waals surface area contributed by atoms with Crippen LogP contribution in [0.25, 0.3) is 0 Å². The Hall–Kier alpha value is -0.860. The zero-order valence-corrected chi connectivity index (χ0v) is 19.9. The third kappa shape index (κ3) is 9.25. The number of hydrogen-bond donors (Lipinski definition) is 1. The Bertz CT molecular complexity index is 546. The summed E-state index contributed by atoms with van der Waals surface area (Å²) in [5, 5.41) is 3.42. The molecule has 0 amide bonds. The topological polar surface area (TPSA) is 34.1 Å². The number of aryl methyl sites for hydroxylation is 1. The minimum Gasteiger partial charge on any atom is -0.357 e. The molecule has 0 saturated carbocycles. The van der Waals surface area contributed by atoms with E-state index in [2.05, 4.69) is 72.2 Å². The van der Waals surface area contributed by atoms with Gasteiger partial charge in [0.2, 0.25) is 0 Å². The summed E-state index contributed by atoms with van der Waals surface area (Å²) in [5.41, 5.74) is 2.62. The molecule has 0 aliphatic carbocycles. The van der Waals surface area contributed by atoms with Crippen LogP contribution < -0.4 is 5.32 Å². The predicted molar refractivity (Wildman–Crippen MR) is 127 cm³/mol. The lowest BCUT2D eigenvalue weighted by atomic mass is 10.1. The van der Waals surface area contributed by atoms with Gasteiger partial charge in [0, 0.05) is 39.8 Å². The Morgan fingerprint density at radius 3 is 2.59 bits per heavy atom. The van der Waals surface area contributed by atoms with Gasteiger partial charge in [-0.1, -0.05) is 29.8 Å². The lowest BCUT2D eigenvalue weighted by molar-refractivity contribution is 0.275. The third-order valence-corrected chi connectivity index (χ3v) is 4.94. The molecule has 27 heavy (non-hydrogen) atoms. The van der Waals surface area contributed by atoms with E-state index in [-0.39, 0.29) is 24.0 Å². The molecule has 0 spiro atoms. The van der Waals surface area contributed by atoms with Crippen molar-refractivity contribution in [3.8, 4) is 0 Å². The van der Waals surface area contributed by atoms with Gasteiger partial charge in [-0.05, 0) is 58.9 Å². The van der Waals surface area contributed by atoms with Gasteiger partial charge in [-0.25, -0.2) is 0 Å². The molecular weight excluding hydrogens is 449 g/mol. The number of hydrogen-bond acceptors (Lipinski definition) is 3. The van der Waals surface area contributed by atoms with Crippen LogP contribution in [0.3, 0.4) is 0 Å². The average Bonchev–Trinajstić information content (AvgIpc) is 2.84. The first-order valence-electron chi connectivity index (χ1n) is 10.0. The van der Waals surface area contributed by atoms with Gasteiger partial charge in [0.05, 0.1) is 0 Å². The van der Waals surface area contributed by atoms with Gasteiger partial charge in [-0.2, -0.15) is 0 Å². The fourth-order valence-corrected chi connectivity index (χ4v) is 3.31. The quantitative estimate of drug-likeness (QED) is 0.278. The Kier molecular flexibility index (Phi) is 11.9. The van der Waals surface area contributed by atoms with Gasteiger partial charge in [-0.3, -0.25) is 4.99 Å². The summed E-state index contributed by atoms with van der Waals surface area (Å²) < 4.78 is 0. The van der Waals surface area contributed by atoms with Gasteiger partial charge in [0.15, 0.2) is 5.96 Å². The molecule has 154 valence electrons. The fourth-order valence-electron chi connectivity index (χ4n) is 3.31. The van der Waals surface area contributed by atoms with Crippen LogP contribution in [0.15, 0.2) is 29.3 Å². The van der Waals surface area contributed by atoms with Crippen molar-refractivity contribution in [2.24, 2.45) is 4.99 Å².